The molecule has 0 amide bonds. The first-order chi connectivity index (χ1) is 11.6. The molecular weight excluding hydrogens is 310 g/mol. The van der Waals surface area contributed by atoms with Crippen molar-refractivity contribution in [2.24, 2.45) is 0 Å². The fourth-order valence-corrected chi connectivity index (χ4v) is 3.66. The number of nitrogens with zero attached hydrogens (tertiary/aromatic N) is 1. The molecule has 6 heteroatoms. The van der Waals surface area contributed by atoms with Gasteiger partial charge in [-0.25, -0.2) is 13.8 Å². The highest BCUT2D eigenvalue weighted by molar-refractivity contribution is 5.72. The molecule has 2 aromatic heterocycles. The monoisotopic (exact) mass is 329 g/mol. The number of hydrogen-bond donors (Lipinski definition) is 2. The Morgan fingerprint density at radius 3 is 2.75 bits per heavy atom. The number of benzene rings is 1. The molecule has 3 atom stereocenters. The molecule has 1 aliphatic heterocycles. The number of piperidine rings is 1. The molecule has 0 saturated carbocycles. The smallest absolute Gasteiger partial charge is 0.300 e. The van der Waals surface area contributed by atoms with Crippen LogP contribution in [0.25, 0.3) is 11.0 Å². The topological polar surface area (TPSA) is 54.9 Å². The molecule has 3 aromatic rings. The number of rotatable bonds is 2. The second-order valence-electron chi connectivity index (χ2n) is 6.49. The minimum Gasteiger partial charge on any atom is -0.355 e. The number of nitrogens with one attached hydrogen (secondary N) is 3. The van der Waals surface area contributed by atoms with Crippen LogP contribution in [-0.4, -0.2) is 16.0 Å². The van der Waals surface area contributed by atoms with Gasteiger partial charge >= 0.3 is 0 Å². The Balaban J connectivity index is 1.67. The van der Waals surface area contributed by atoms with E-state index in [2.05, 4.69) is 20.3 Å². The predicted octanol–water partition coefficient (Wildman–Crippen LogP) is 3.25. The van der Waals surface area contributed by atoms with Crippen molar-refractivity contribution in [1.82, 2.24) is 15.3 Å². The number of H-pyrrole nitrogens is 2. The molecule has 3 heterocycles. The van der Waals surface area contributed by atoms with Gasteiger partial charge in [-0.2, -0.15) is 0 Å². The summed E-state index contributed by atoms with van der Waals surface area (Å²) in [5, 5.41) is 3.32. The molecule has 1 fully saturated rings. The molecule has 0 bridgehead atoms. The number of fused-ring (bicyclic) bond motifs is 1. The highest BCUT2D eigenvalue weighted by Gasteiger charge is 2.35. The van der Waals surface area contributed by atoms with Crippen LogP contribution in [0.4, 0.5) is 8.78 Å². The SMILES string of the molecule is CC1CC(c2nc3cc[nH]c3c[nH+]2)CC(c2c(F)cccc2F)N1. The van der Waals surface area contributed by atoms with Crippen molar-refractivity contribution >= 4 is 11.0 Å². The van der Waals surface area contributed by atoms with Gasteiger partial charge in [-0.05, 0) is 36.9 Å². The van der Waals surface area contributed by atoms with Crippen molar-refractivity contribution in [3.8, 4) is 0 Å². The van der Waals surface area contributed by atoms with Crippen LogP contribution in [0, 0.1) is 11.6 Å². The van der Waals surface area contributed by atoms with Crippen molar-refractivity contribution < 1.29 is 13.8 Å². The normalized spacial score (nSPS) is 24.4. The van der Waals surface area contributed by atoms with E-state index in [0.717, 1.165) is 23.3 Å². The summed E-state index contributed by atoms with van der Waals surface area (Å²) in [6.45, 7) is 2.03. The molecule has 0 radical (unpaired) electrons. The largest absolute Gasteiger partial charge is 0.355 e. The summed E-state index contributed by atoms with van der Waals surface area (Å²) >= 11 is 0. The first-order valence-corrected chi connectivity index (χ1v) is 8.17. The summed E-state index contributed by atoms with van der Waals surface area (Å²) in [6, 6.07) is 5.72. The average molecular weight is 329 g/mol. The van der Waals surface area contributed by atoms with Crippen LogP contribution >= 0.6 is 0 Å². The Bertz CT molecular complexity index is 856. The molecule has 1 saturated heterocycles. The first-order valence-electron chi connectivity index (χ1n) is 8.17. The van der Waals surface area contributed by atoms with E-state index >= 15 is 0 Å². The molecule has 1 aliphatic rings. The van der Waals surface area contributed by atoms with Gasteiger partial charge in [-0.15, -0.1) is 0 Å². The van der Waals surface area contributed by atoms with E-state index in [4.69, 9.17) is 0 Å². The van der Waals surface area contributed by atoms with E-state index in [1.165, 1.54) is 18.2 Å². The summed E-state index contributed by atoms with van der Waals surface area (Å²) in [4.78, 5) is 11.0. The third-order valence-corrected chi connectivity index (χ3v) is 4.74. The molecule has 3 N–H and O–H groups in total. The van der Waals surface area contributed by atoms with Crippen LogP contribution in [-0.2, 0) is 0 Å². The second-order valence-corrected chi connectivity index (χ2v) is 6.49. The summed E-state index contributed by atoms with van der Waals surface area (Å²) in [5.41, 5.74) is 1.96. The predicted molar refractivity (Wildman–Crippen MR) is 86.3 cm³/mol. The van der Waals surface area contributed by atoms with Gasteiger partial charge in [0.2, 0.25) is 5.52 Å². The van der Waals surface area contributed by atoms with Gasteiger partial charge in [0.15, 0.2) is 0 Å². The fraction of sp³-hybridized carbons (Fsp3) is 0.333. The van der Waals surface area contributed by atoms with E-state index in [9.17, 15) is 8.78 Å². The van der Waals surface area contributed by atoms with Crippen molar-refractivity contribution in [2.75, 3.05) is 0 Å². The van der Waals surface area contributed by atoms with E-state index in [1.807, 2.05) is 25.4 Å². The van der Waals surface area contributed by atoms with Crippen LogP contribution in [0.1, 0.15) is 43.1 Å². The van der Waals surface area contributed by atoms with Gasteiger partial charge in [-0.1, -0.05) is 6.07 Å². The third kappa shape index (κ3) is 2.67. The van der Waals surface area contributed by atoms with Gasteiger partial charge in [0.05, 0.1) is 5.92 Å². The molecule has 3 unspecified atom stereocenters. The zero-order chi connectivity index (χ0) is 16.7. The lowest BCUT2D eigenvalue weighted by molar-refractivity contribution is -0.397. The summed E-state index contributed by atoms with van der Waals surface area (Å²) in [5.74, 6) is -0.0292. The zero-order valence-electron chi connectivity index (χ0n) is 13.3. The van der Waals surface area contributed by atoms with Crippen molar-refractivity contribution in [3.05, 3.63) is 59.7 Å². The van der Waals surface area contributed by atoms with Crippen LogP contribution in [0.15, 0.2) is 36.7 Å². The lowest BCUT2D eigenvalue weighted by atomic mass is 9.84. The van der Waals surface area contributed by atoms with Gasteiger partial charge in [-0.3, -0.25) is 0 Å². The van der Waals surface area contributed by atoms with E-state index < -0.39 is 11.6 Å². The summed E-state index contributed by atoms with van der Waals surface area (Å²) in [7, 11) is 0. The minimum absolute atomic E-state index is 0.115. The van der Waals surface area contributed by atoms with Crippen LogP contribution in [0.5, 0.6) is 0 Å². The molecule has 4 rings (SSSR count). The lowest BCUT2D eigenvalue weighted by Crippen LogP contribution is -2.40. The lowest BCUT2D eigenvalue weighted by Gasteiger charge is -2.33. The Morgan fingerprint density at radius 2 is 1.96 bits per heavy atom. The number of aromatic nitrogens is 3. The summed E-state index contributed by atoms with van der Waals surface area (Å²) in [6.07, 6.45) is 5.20. The Hall–Kier alpha value is -2.34. The van der Waals surface area contributed by atoms with Gasteiger partial charge in [0.25, 0.3) is 5.82 Å². The maximum Gasteiger partial charge on any atom is 0.300 e. The average Bonchev–Trinajstić information content (AvgIpc) is 3.01. The van der Waals surface area contributed by atoms with Gasteiger partial charge in [0, 0.05) is 29.9 Å². The second kappa shape index (κ2) is 5.94. The molecular formula is C18H19F2N4+. The molecule has 0 spiro atoms. The van der Waals surface area contributed by atoms with E-state index in [-0.39, 0.29) is 23.6 Å². The van der Waals surface area contributed by atoms with E-state index in [0.29, 0.717) is 6.42 Å². The Morgan fingerprint density at radius 1 is 1.17 bits per heavy atom. The maximum atomic E-state index is 14.2. The fourth-order valence-electron chi connectivity index (χ4n) is 3.66. The summed E-state index contributed by atoms with van der Waals surface area (Å²) < 4.78 is 28.3. The zero-order valence-corrected chi connectivity index (χ0v) is 13.3. The van der Waals surface area contributed by atoms with Gasteiger partial charge in [0.1, 0.15) is 23.3 Å². The quantitative estimate of drug-likeness (QED) is 0.758. The molecule has 124 valence electrons. The highest BCUT2D eigenvalue weighted by atomic mass is 19.1. The maximum absolute atomic E-state index is 14.2. The highest BCUT2D eigenvalue weighted by Crippen LogP contribution is 2.36. The molecule has 1 aromatic carbocycles. The van der Waals surface area contributed by atoms with Crippen LogP contribution in [0.3, 0.4) is 0 Å². The van der Waals surface area contributed by atoms with Crippen LogP contribution in [0.2, 0.25) is 0 Å². The van der Waals surface area contributed by atoms with Crippen LogP contribution < -0.4 is 10.3 Å². The number of hydrogen-bond acceptors (Lipinski definition) is 2. The molecule has 4 nitrogen and oxygen atoms in total. The third-order valence-electron chi connectivity index (χ3n) is 4.74. The Labute approximate surface area is 138 Å². The number of halogens is 2. The Kier molecular flexibility index (Phi) is 3.76. The van der Waals surface area contributed by atoms with Gasteiger partial charge < -0.3 is 10.3 Å². The van der Waals surface area contributed by atoms with E-state index in [1.54, 1.807) is 0 Å². The molecule has 0 aliphatic carbocycles. The standard InChI is InChI=1S/C18H18F2N4/c1-10-7-11(18-22-9-16-14(24-18)5-6-21-16)8-15(23-10)17-12(19)3-2-4-13(17)20/h2-6,9-11,15,21,23H,7-8H2,1H3/p+1. The molecule has 24 heavy (non-hydrogen) atoms. The first kappa shape index (κ1) is 15.2. The van der Waals surface area contributed by atoms with Crippen molar-refractivity contribution in [1.29, 1.82) is 0 Å². The number of aromatic amines is 2. The van der Waals surface area contributed by atoms with Crippen molar-refractivity contribution in [2.45, 2.75) is 37.8 Å². The van der Waals surface area contributed by atoms with Crippen molar-refractivity contribution in [3.63, 3.8) is 0 Å². The minimum atomic E-state index is -0.502.